The fraction of sp³-hybridized carbons (Fsp3) is 0.273. The van der Waals surface area contributed by atoms with Gasteiger partial charge in [-0.25, -0.2) is 0 Å². The van der Waals surface area contributed by atoms with E-state index in [2.05, 4.69) is 114 Å². The Kier molecular flexibility index (Phi) is 6.88. The van der Waals surface area contributed by atoms with Gasteiger partial charge in [0, 0.05) is 0 Å². The van der Waals surface area contributed by atoms with Gasteiger partial charge in [0.15, 0.2) is 14.7 Å². The van der Waals surface area contributed by atoms with Crippen LogP contribution in [0.15, 0.2) is 106 Å². The molecule has 0 amide bonds. The lowest BCUT2D eigenvalue weighted by atomic mass is 9.86. The molecule has 0 aliphatic rings. The highest BCUT2D eigenvalue weighted by atomic mass is 32.2. The summed E-state index contributed by atoms with van der Waals surface area (Å²) in [5.74, 6) is 0.107. The molecule has 0 aliphatic carbocycles. The van der Waals surface area contributed by atoms with Crippen molar-refractivity contribution in [2.45, 2.75) is 74.0 Å². The highest BCUT2D eigenvalue weighted by molar-refractivity contribution is 7.97. The summed E-state index contributed by atoms with van der Waals surface area (Å²) in [4.78, 5) is 3.17. The first-order valence-corrected chi connectivity index (χ1v) is 13.5. The second-order valence-electron chi connectivity index (χ2n) is 11.4. The van der Waals surface area contributed by atoms with Crippen molar-refractivity contribution in [3.05, 3.63) is 108 Å². The van der Waals surface area contributed by atoms with Crippen LogP contribution in [0, 0.1) is 6.92 Å². The van der Waals surface area contributed by atoms with Crippen LogP contribution in [0.25, 0.3) is 11.1 Å². The van der Waals surface area contributed by atoms with Crippen LogP contribution in [0.4, 0.5) is 0 Å². The van der Waals surface area contributed by atoms with Crippen molar-refractivity contribution in [2.24, 2.45) is 0 Å². The summed E-state index contributed by atoms with van der Waals surface area (Å²) in [6.45, 7) is 15.4. The van der Waals surface area contributed by atoms with Gasteiger partial charge in [-0.3, -0.25) is 0 Å². The van der Waals surface area contributed by atoms with E-state index in [0.717, 1.165) is 15.4 Å². The Morgan fingerprint density at radius 1 is 0.543 bits per heavy atom. The summed E-state index contributed by atoms with van der Waals surface area (Å²) < 4.78 is 0. The molecule has 0 saturated heterocycles. The van der Waals surface area contributed by atoms with E-state index in [1.807, 2.05) is 19.1 Å². The first kappa shape index (κ1) is 25.1. The molecule has 0 saturated carbocycles. The van der Waals surface area contributed by atoms with Crippen molar-refractivity contribution >= 4 is 10.9 Å². The normalized spacial score (nSPS) is 13.0. The monoisotopic (exact) mass is 480 g/mol. The Labute approximate surface area is 214 Å². The van der Waals surface area contributed by atoms with Crippen LogP contribution in [0.3, 0.4) is 0 Å². The molecule has 0 aliphatic heterocycles. The maximum absolute atomic E-state index is 13.1. The zero-order chi connectivity index (χ0) is 25.4. The number of benzene rings is 4. The molecule has 0 spiro atoms. The predicted molar refractivity (Wildman–Crippen MR) is 149 cm³/mol. The Hall–Kier alpha value is -2.97. The molecule has 0 heterocycles. The van der Waals surface area contributed by atoms with Crippen molar-refractivity contribution in [1.82, 2.24) is 0 Å². The van der Waals surface area contributed by atoms with Crippen molar-refractivity contribution in [1.29, 1.82) is 0 Å². The van der Waals surface area contributed by atoms with Gasteiger partial charge in [-0.1, -0.05) is 101 Å². The lowest BCUT2D eigenvalue weighted by molar-refractivity contribution is -0.272. The standard InChI is InChI=1S/C33H36OS/c1-23-8-21-31(30(34)22-23)35(29-19-15-27(16-20-29)33(5,6)7)28-17-11-25(12-18-28)24-9-13-26(14-10-24)32(2,3)4/h8-22H,1-7H3. The first-order valence-electron chi connectivity index (χ1n) is 12.3. The van der Waals surface area contributed by atoms with Gasteiger partial charge >= 0.3 is 0 Å². The molecule has 4 rings (SSSR count). The second kappa shape index (κ2) is 9.59. The average Bonchev–Trinajstić information content (AvgIpc) is 2.80. The van der Waals surface area contributed by atoms with E-state index < -0.39 is 10.9 Å². The van der Waals surface area contributed by atoms with Crippen LogP contribution < -0.4 is 5.11 Å². The lowest BCUT2D eigenvalue weighted by Gasteiger charge is -2.20. The zero-order valence-corrected chi connectivity index (χ0v) is 22.8. The molecule has 1 atom stereocenters. The lowest BCUT2D eigenvalue weighted by Crippen LogP contribution is -2.12. The van der Waals surface area contributed by atoms with Crippen molar-refractivity contribution in [2.75, 3.05) is 0 Å². The summed E-state index contributed by atoms with van der Waals surface area (Å²) in [7, 11) is -0.462. The Bertz CT molecular complexity index is 1290. The van der Waals surface area contributed by atoms with Gasteiger partial charge in [0.2, 0.25) is 0 Å². The Morgan fingerprint density at radius 3 is 1.37 bits per heavy atom. The highest BCUT2D eigenvalue weighted by Gasteiger charge is 2.30. The number of rotatable bonds is 4. The molecular weight excluding hydrogens is 444 g/mol. The molecule has 0 fully saturated rings. The van der Waals surface area contributed by atoms with Gasteiger partial charge in [-0.2, -0.15) is 0 Å². The van der Waals surface area contributed by atoms with Crippen molar-refractivity contribution in [3.8, 4) is 16.9 Å². The molecule has 180 valence electrons. The Balaban J connectivity index is 1.74. The minimum absolute atomic E-state index is 0.0921. The zero-order valence-electron chi connectivity index (χ0n) is 22.0. The third-order valence-corrected chi connectivity index (χ3v) is 8.71. The van der Waals surface area contributed by atoms with E-state index >= 15 is 0 Å². The first-order chi connectivity index (χ1) is 16.4. The van der Waals surface area contributed by atoms with E-state index in [0.29, 0.717) is 0 Å². The van der Waals surface area contributed by atoms with Gasteiger partial charge < -0.3 is 5.11 Å². The van der Waals surface area contributed by atoms with Crippen LogP contribution >= 0.6 is 0 Å². The molecule has 4 aromatic carbocycles. The van der Waals surface area contributed by atoms with Gasteiger partial charge in [0.1, 0.15) is 0 Å². The minimum Gasteiger partial charge on any atom is -0.869 e. The topological polar surface area (TPSA) is 23.1 Å². The quantitative estimate of drug-likeness (QED) is 0.269. The summed E-state index contributed by atoms with van der Waals surface area (Å²) in [5, 5.41) is 13.1. The van der Waals surface area contributed by atoms with Gasteiger partial charge in [0.25, 0.3) is 0 Å². The van der Waals surface area contributed by atoms with Crippen LogP contribution in [0.1, 0.15) is 58.2 Å². The second-order valence-corrected chi connectivity index (χ2v) is 13.4. The van der Waals surface area contributed by atoms with E-state index in [1.54, 1.807) is 6.07 Å². The molecule has 1 nitrogen and oxygen atoms in total. The number of aryl methyl sites for hydroxylation is 1. The molecule has 35 heavy (non-hydrogen) atoms. The van der Waals surface area contributed by atoms with E-state index in [4.69, 9.17) is 0 Å². The van der Waals surface area contributed by atoms with Crippen LogP contribution in [0.2, 0.25) is 0 Å². The van der Waals surface area contributed by atoms with Crippen LogP contribution in [0.5, 0.6) is 5.75 Å². The number of hydrogen-bond donors (Lipinski definition) is 0. The molecule has 4 aromatic rings. The van der Waals surface area contributed by atoms with E-state index in [9.17, 15) is 5.11 Å². The summed E-state index contributed by atoms with van der Waals surface area (Å²) in [5.41, 5.74) is 6.26. The Morgan fingerprint density at radius 2 is 0.943 bits per heavy atom. The van der Waals surface area contributed by atoms with Crippen LogP contribution in [-0.4, -0.2) is 0 Å². The summed E-state index contributed by atoms with van der Waals surface area (Å²) in [6, 6.07) is 32.2. The average molecular weight is 481 g/mol. The van der Waals surface area contributed by atoms with Crippen molar-refractivity contribution in [3.63, 3.8) is 0 Å². The molecule has 0 bridgehead atoms. The summed E-state index contributed by atoms with van der Waals surface area (Å²) >= 11 is 0. The molecule has 0 radical (unpaired) electrons. The van der Waals surface area contributed by atoms with E-state index in [1.165, 1.54) is 27.1 Å². The maximum Gasteiger partial charge on any atom is 0.166 e. The SMILES string of the molecule is Cc1ccc([S+](c2ccc(-c3ccc(C(C)(C)C)cc3)cc2)c2ccc(C(C)(C)C)cc2)c([O-])c1. The van der Waals surface area contributed by atoms with E-state index in [-0.39, 0.29) is 16.6 Å². The van der Waals surface area contributed by atoms with Gasteiger partial charge in [-0.15, -0.1) is 0 Å². The maximum atomic E-state index is 13.1. The largest absolute Gasteiger partial charge is 0.869 e. The van der Waals surface area contributed by atoms with Gasteiger partial charge in [0.05, 0.1) is 10.9 Å². The molecule has 0 aromatic heterocycles. The minimum atomic E-state index is -0.462. The molecule has 2 heteroatoms. The highest BCUT2D eigenvalue weighted by Crippen LogP contribution is 2.37. The summed E-state index contributed by atoms with van der Waals surface area (Å²) in [6.07, 6.45) is 0. The third kappa shape index (κ3) is 5.65. The predicted octanol–water partition coefficient (Wildman–Crippen LogP) is 8.43. The van der Waals surface area contributed by atoms with Crippen LogP contribution in [-0.2, 0) is 21.7 Å². The molecule has 1 unspecified atom stereocenters. The third-order valence-electron chi connectivity index (χ3n) is 6.45. The van der Waals surface area contributed by atoms with Crippen molar-refractivity contribution < 1.29 is 5.11 Å². The molecule has 0 N–H and O–H groups in total. The molecular formula is C33H36OS. The fourth-order valence-electron chi connectivity index (χ4n) is 4.21. The smallest absolute Gasteiger partial charge is 0.166 e. The number of hydrogen-bond acceptors (Lipinski definition) is 1. The van der Waals surface area contributed by atoms with Gasteiger partial charge in [-0.05, 0) is 82.5 Å². The fourth-order valence-corrected chi connectivity index (χ4v) is 6.27.